The number of carbonyl (C=O) groups is 1. The summed E-state index contributed by atoms with van der Waals surface area (Å²) in [7, 11) is 0. The van der Waals surface area contributed by atoms with Gasteiger partial charge in [-0.15, -0.1) is 0 Å². The summed E-state index contributed by atoms with van der Waals surface area (Å²) >= 11 is 0. The van der Waals surface area contributed by atoms with Crippen LogP contribution in [0.1, 0.15) is 19.8 Å². The molecule has 0 radical (unpaired) electrons. The van der Waals surface area contributed by atoms with E-state index >= 15 is 0 Å². The van der Waals surface area contributed by atoms with Crippen LogP contribution in [0, 0.1) is 0 Å². The lowest BCUT2D eigenvalue weighted by Gasteiger charge is -2.20. The Balaban J connectivity index is 2.72. The predicted octanol–water partition coefficient (Wildman–Crippen LogP) is -0.649. The summed E-state index contributed by atoms with van der Waals surface area (Å²) in [6.07, 6.45) is -0.805. The van der Waals surface area contributed by atoms with Gasteiger partial charge in [0.15, 0.2) is 0 Å². The van der Waals surface area contributed by atoms with Gasteiger partial charge in [-0.1, -0.05) is 12.2 Å². The summed E-state index contributed by atoms with van der Waals surface area (Å²) < 4.78 is 4.91. The molecule has 5 heteroatoms. The topological polar surface area (TPSA) is 87.0 Å². The number of cyclic esters (lactones) is 1. The highest BCUT2D eigenvalue weighted by Gasteiger charge is 2.22. The van der Waals surface area contributed by atoms with Crippen LogP contribution in [0.5, 0.6) is 0 Å². The van der Waals surface area contributed by atoms with Crippen LogP contribution in [0.4, 0.5) is 0 Å². The molecule has 0 fully saturated rings. The number of aliphatic hydroxyl groups is 3. The number of hydrogen-bond donors (Lipinski definition) is 3. The SMILES string of the molecule is C[C@@H]1C[C@H](O)/C=C/[C@H](O)[C@@H](O)CC(=O)O1. The van der Waals surface area contributed by atoms with Gasteiger partial charge in [0.2, 0.25) is 0 Å². The largest absolute Gasteiger partial charge is 0.462 e. The van der Waals surface area contributed by atoms with Crippen LogP contribution in [-0.2, 0) is 9.53 Å². The maximum atomic E-state index is 11.2. The van der Waals surface area contributed by atoms with Gasteiger partial charge in [0.1, 0.15) is 6.10 Å². The zero-order valence-electron chi connectivity index (χ0n) is 8.54. The van der Waals surface area contributed by atoms with E-state index in [9.17, 15) is 20.1 Å². The molecule has 3 N–H and O–H groups in total. The monoisotopic (exact) mass is 216 g/mol. The first-order chi connectivity index (χ1) is 6.99. The van der Waals surface area contributed by atoms with Crippen LogP contribution in [0.15, 0.2) is 12.2 Å². The Morgan fingerprint density at radius 1 is 1.33 bits per heavy atom. The number of ether oxygens (including phenoxy) is 1. The third-order valence-electron chi connectivity index (χ3n) is 2.21. The molecule has 0 saturated heterocycles. The molecule has 0 spiro atoms. The number of rotatable bonds is 0. The summed E-state index contributed by atoms with van der Waals surface area (Å²) in [5, 5.41) is 28.1. The van der Waals surface area contributed by atoms with Crippen LogP contribution < -0.4 is 0 Å². The standard InChI is InChI=1S/C10H16O5/c1-6-4-7(11)2-3-8(12)9(13)5-10(14)15-6/h2-3,6-9,11-13H,4-5H2,1H3/b3-2+/t6-,7-,8+,9+/m1/s1. The molecule has 1 heterocycles. The Hall–Kier alpha value is -0.910. The van der Waals surface area contributed by atoms with Crippen molar-refractivity contribution in [2.45, 2.75) is 44.2 Å². The molecule has 1 aliphatic heterocycles. The third-order valence-corrected chi connectivity index (χ3v) is 2.21. The Morgan fingerprint density at radius 2 is 2.00 bits per heavy atom. The number of esters is 1. The fourth-order valence-corrected chi connectivity index (χ4v) is 1.40. The van der Waals surface area contributed by atoms with Crippen molar-refractivity contribution in [3.63, 3.8) is 0 Å². The van der Waals surface area contributed by atoms with Crippen LogP contribution in [0.3, 0.4) is 0 Å². The average molecular weight is 216 g/mol. The molecule has 0 aromatic carbocycles. The fraction of sp³-hybridized carbons (Fsp3) is 0.700. The number of carbonyl (C=O) groups excluding carboxylic acids is 1. The highest BCUT2D eigenvalue weighted by molar-refractivity contribution is 5.70. The molecule has 0 saturated carbocycles. The molecular formula is C10H16O5. The van der Waals surface area contributed by atoms with Crippen molar-refractivity contribution in [2.24, 2.45) is 0 Å². The zero-order chi connectivity index (χ0) is 11.4. The third kappa shape index (κ3) is 3.99. The summed E-state index contributed by atoms with van der Waals surface area (Å²) in [6.45, 7) is 1.67. The second-order valence-corrected chi connectivity index (χ2v) is 3.75. The molecule has 5 nitrogen and oxygen atoms in total. The van der Waals surface area contributed by atoms with Crippen LogP contribution in [0.2, 0.25) is 0 Å². The molecule has 86 valence electrons. The molecule has 4 atom stereocenters. The van der Waals surface area contributed by atoms with E-state index in [1.54, 1.807) is 6.92 Å². The van der Waals surface area contributed by atoms with Crippen molar-refractivity contribution in [3.8, 4) is 0 Å². The van der Waals surface area contributed by atoms with E-state index in [1.807, 2.05) is 0 Å². The Kier molecular flexibility index (Phi) is 4.26. The van der Waals surface area contributed by atoms with Crippen molar-refractivity contribution < 1.29 is 24.9 Å². The van der Waals surface area contributed by atoms with E-state index in [0.29, 0.717) is 0 Å². The van der Waals surface area contributed by atoms with Crippen molar-refractivity contribution in [1.29, 1.82) is 0 Å². The summed E-state index contributed by atoms with van der Waals surface area (Å²) in [5.41, 5.74) is 0. The van der Waals surface area contributed by atoms with E-state index in [1.165, 1.54) is 12.2 Å². The molecule has 15 heavy (non-hydrogen) atoms. The van der Waals surface area contributed by atoms with Gasteiger partial charge in [-0.3, -0.25) is 4.79 Å². The average Bonchev–Trinajstić information content (AvgIpc) is 2.12. The lowest BCUT2D eigenvalue weighted by molar-refractivity contribution is -0.152. The van der Waals surface area contributed by atoms with E-state index in [4.69, 9.17) is 4.74 Å². The first-order valence-corrected chi connectivity index (χ1v) is 4.91. The van der Waals surface area contributed by atoms with Gasteiger partial charge in [0, 0.05) is 6.42 Å². The Morgan fingerprint density at radius 3 is 2.67 bits per heavy atom. The van der Waals surface area contributed by atoms with Crippen LogP contribution in [0.25, 0.3) is 0 Å². The molecule has 0 amide bonds. The minimum Gasteiger partial charge on any atom is -0.462 e. The second-order valence-electron chi connectivity index (χ2n) is 3.75. The van der Waals surface area contributed by atoms with E-state index < -0.39 is 30.4 Å². The normalized spacial score (nSPS) is 40.7. The quantitative estimate of drug-likeness (QED) is 0.370. The number of hydrogen-bond acceptors (Lipinski definition) is 5. The van der Waals surface area contributed by atoms with Gasteiger partial charge >= 0.3 is 5.97 Å². The lowest BCUT2D eigenvalue weighted by atomic mass is 10.1. The first kappa shape index (κ1) is 12.2. The van der Waals surface area contributed by atoms with Gasteiger partial charge in [-0.2, -0.15) is 0 Å². The predicted molar refractivity (Wildman–Crippen MR) is 51.9 cm³/mol. The van der Waals surface area contributed by atoms with E-state index in [-0.39, 0.29) is 12.8 Å². The van der Waals surface area contributed by atoms with E-state index in [2.05, 4.69) is 0 Å². The highest BCUT2D eigenvalue weighted by atomic mass is 16.5. The molecule has 1 aliphatic rings. The fourth-order valence-electron chi connectivity index (χ4n) is 1.40. The van der Waals surface area contributed by atoms with Crippen LogP contribution >= 0.6 is 0 Å². The maximum Gasteiger partial charge on any atom is 0.308 e. The lowest BCUT2D eigenvalue weighted by Crippen LogP contribution is -2.31. The minimum absolute atomic E-state index is 0.244. The first-order valence-electron chi connectivity index (χ1n) is 4.91. The molecule has 0 unspecified atom stereocenters. The molecule has 0 aromatic heterocycles. The highest BCUT2D eigenvalue weighted by Crippen LogP contribution is 2.11. The maximum absolute atomic E-state index is 11.2. The Bertz CT molecular complexity index is 250. The Labute approximate surface area is 88.0 Å². The van der Waals surface area contributed by atoms with Gasteiger partial charge in [0.05, 0.1) is 24.7 Å². The molecule has 0 aliphatic carbocycles. The van der Waals surface area contributed by atoms with Gasteiger partial charge in [0.25, 0.3) is 0 Å². The van der Waals surface area contributed by atoms with Crippen molar-refractivity contribution in [1.82, 2.24) is 0 Å². The summed E-state index contributed by atoms with van der Waals surface area (Å²) in [5.74, 6) is -0.573. The van der Waals surface area contributed by atoms with E-state index in [0.717, 1.165) is 0 Å². The van der Waals surface area contributed by atoms with Gasteiger partial charge in [-0.25, -0.2) is 0 Å². The molecule has 1 rings (SSSR count). The zero-order valence-corrected chi connectivity index (χ0v) is 8.54. The summed E-state index contributed by atoms with van der Waals surface area (Å²) in [4.78, 5) is 11.2. The van der Waals surface area contributed by atoms with Crippen LogP contribution in [-0.4, -0.2) is 45.7 Å². The molecular weight excluding hydrogens is 200 g/mol. The molecule has 0 bridgehead atoms. The summed E-state index contributed by atoms with van der Waals surface area (Å²) in [6, 6.07) is 0. The van der Waals surface area contributed by atoms with Crippen molar-refractivity contribution in [3.05, 3.63) is 12.2 Å². The number of aliphatic hydroxyl groups excluding tert-OH is 3. The van der Waals surface area contributed by atoms with Gasteiger partial charge < -0.3 is 20.1 Å². The van der Waals surface area contributed by atoms with Gasteiger partial charge in [-0.05, 0) is 6.92 Å². The minimum atomic E-state index is -1.19. The molecule has 0 aromatic rings. The van der Waals surface area contributed by atoms with Crippen molar-refractivity contribution in [2.75, 3.05) is 0 Å². The second kappa shape index (κ2) is 5.25. The van der Waals surface area contributed by atoms with Crippen molar-refractivity contribution >= 4 is 5.97 Å². The smallest absolute Gasteiger partial charge is 0.308 e.